The zero-order valence-corrected chi connectivity index (χ0v) is 16.6. The fraction of sp³-hybridized carbons (Fsp3) is 0.364. The fourth-order valence-electron chi connectivity index (χ4n) is 4.78. The predicted octanol–water partition coefficient (Wildman–Crippen LogP) is 2.05. The van der Waals surface area contributed by atoms with Gasteiger partial charge in [0.25, 0.3) is 0 Å². The molecule has 2 aliphatic heterocycles. The molecule has 0 aromatic heterocycles. The minimum Gasteiger partial charge on any atom is -0.394 e. The minimum absolute atomic E-state index is 0.0960. The van der Waals surface area contributed by atoms with E-state index in [4.69, 9.17) is 4.74 Å². The van der Waals surface area contributed by atoms with Gasteiger partial charge in [-0.2, -0.15) is 0 Å². The second-order valence-electron chi connectivity index (χ2n) is 7.70. The standard InChI is InChI=1S/C22H24FN3O4/c1-30-12-19(28)26-18(11-27)20(15-7-3-2-4-8-15)22(26)13-25(14-22)21(29)24-17-10-6-5-9-16(17)23/h2-10,18,20,27H,11-14H2,1H3,(H,24,29)/t18-,20+/m0/s1. The number of anilines is 1. The summed E-state index contributed by atoms with van der Waals surface area (Å²) in [5, 5.41) is 12.6. The molecule has 1 spiro atoms. The fourth-order valence-corrected chi connectivity index (χ4v) is 4.78. The van der Waals surface area contributed by atoms with Gasteiger partial charge in [0, 0.05) is 26.1 Å². The molecule has 7 nitrogen and oxygen atoms in total. The molecule has 0 aliphatic carbocycles. The Labute approximate surface area is 174 Å². The van der Waals surface area contributed by atoms with Gasteiger partial charge in [0.1, 0.15) is 12.4 Å². The lowest BCUT2D eigenvalue weighted by molar-refractivity contribution is -0.195. The predicted molar refractivity (Wildman–Crippen MR) is 109 cm³/mol. The summed E-state index contributed by atoms with van der Waals surface area (Å²) in [4.78, 5) is 28.6. The van der Waals surface area contributed by atoms with Crippen molar-refractivity contribution in [2.24, 2.45) is 0 Å². The van der Waals surface area contributed by atoms with E-state index in [1.54, 1.807) is 21.9 Å². The molecule has 0 unspecified atom stereocenters. The van der Waals surface area contributed by atoms with E-state index in [2.05, 4.69) is 5.32 Å². The highest BCUT2D eigenvalue weighted by Crippen LogP contribution is 2.53. The average molecular weight is 413 g/mol. The number of para-hydroxylation sites is 1. The Hall–Kier alpha value is -2.97. The Kier molecular flexibility index (Phi) is 5.44. The molecule has 0 saturated carbocycles. The van der Waals surface area contributed by atoms with Crippen molar-refractivity contribution in [3.63, 3.8) is 0 Å². The molecular weight excluding hydrogens is 389 g/mol. The molecule has 2 atom stereocenters. The van der Waals surface area contributed by atoms with Crippen LogP contribution in [-0.2, 0) is 9.53 Å². The monoisotopic (exact) mass is 413 g/mol. The van der Waals surface area contributed by atoms with Crippen LogP contribution < -0.4 is 5.32 Å². The van der Waals surface area contributed by atoms with Gasteiger partial charge >= 0.3 is 6.03 Å². The van der Waals surface area contributed by atoms with Gasteiger partial charge in [-0.25, -0.2) is 9.18 Å². The van der Waals surface area contributed by atoms with Gasteiger partial charge in [0.05, 0.1) is 23.9 Å². The molecule has 2 heterocycles. The molecular formula is C22H24FN3O4. The first-order valence-corrected chi connectivity index (χ1v) is 9.79. The van der Waals surface area contributed by atoms with Gasteiger partial charge in [0.15, 0.2) is 0 Å². The number of carbonyl (C=O) groups is 2. The third-order valence-electron chi connectivity index (χ3n) is 5.99. The Morgan fingerprint density at radius 2 is 1.83 bits per heavy atom. The smallest absolute Gasteiger partial charge is 0.322 e. The maximum absolute atomic E-state index is 13.9. The van der Waals surface area contributed by atoms with E-state index < -0.39 is 17.4 Å². The van der Waals surface area contributed by atoms with E-state index >= 15 is 0 Å². The number of benzene rings is 2. The van der Waals surface area contributed by atoms with Crippen LogP contribution in [0.3, 0.4) is 0 Å². The van der Waals surface area contributed by atoms with Gasteiger partial charge in [-0.1, -0.05) is 42.5 Å². The summed E-state index contributed by atoms with van der Waals surface area (Å²) in [6.07, 6.45) is 0. The van der Waals surface area contributed by atoms with Crippen LogP contribution in [0.25, 0.3) is 0 Å². The van der Waals surface area contributed by atoms with Crippen LogP contribution in [0.4, 0.5) is 14.9 Å². The van der Waals surface area contributed by atoms with Crippen molar-refractivity contribution in [2.45, 2.75) is 17.5 Å². The maximum Gasteiger partial charge on any atom is 0.322 e. The first-order chi connectivity index (χ1) is 14.5. The second kappa shape index (κ2) is 8.04. The van der Waals surface area contributed by atoms with Crippen LogP contribution in [-0.4, -0.2) is 71.8 Å². The zero-order chi connectivity index (χ0) is 21.3. The normalized spacial score (nSPS) is 21.7. The number of rotatable bonds is 5. The van der Waals surface area contributed by atoms with Crippen LogP contribution in [0.1, 0.15) is 11.5 Å². The number of urea groups is 1. The Morgan fingerprint density at radius 3 is 2.47 bits per heavy atom. The number of nitrogens with one attached hydrogen (secondary N) is 1. The summed E-state index contributed by atoms with van der Waals surface area (Å²) in [6, 6.07) is 14.8. The number of halogens is 1. The number of hydrogen-bond acceptors (Lipinski definition) is 4. The summed E-state index contributed by atoms with van der Waals surface area (Å²) >= 11 is 0. The summed E-state index contributed by atoms with van der Waals surface area (Å²) in [5.41, 5.74) is 0.501. The number of aliphatic hydroxyl groups excluding tert-OH is 1. The van der Waals surface area contributed by atoms with Crippen molar-refractivity contribution in [3.05, 3.63) is 66.0 Å². The Bertz CT molecular complexity index is 933. The van der Waals surface area contributed by atoms with E-state index in [1.165, 1.54) is 19.2 Å². The summed E-state index contributed by atoms with van der Waals surface area (Å²) in [6.45, 7) is 0.303. The molecule has 158 valence electrons. The molecule has 2 fully saturated rings. The topological polar surface area (TPSA) is 82.1 Å². The number of likely N-dealkylation sites (tertiary alicyclic amines) is 2. The molecule has 2 saturated heterocycles. The van der Waals surface area contributed by atoms with Gasteiger partial charge in [-0.15, -0.1) is 0 Å². The third kappa shape index (κ3) is 3.22. The van der Waals surface area contributed by atoms with Crippen molar-refractivity contribution in [1.82, 2.24) is 9.80 Å². The number of hydrogen-bond donors (Lipinski definition) is 2. The van der Waals surface area contributed by atoms with Crippen molar-refractivity contribution >= 4 is 17.6 Å². The number of carbonyl (C=O) groups excluding carboxylic acids is 2. The van der Waals surface area contributed by atoms with E-state index in [0.717, 1.165) is 5.56 Å². The first-order valence-electron chi connectivity index (χ1n) is 9.79. The van der Waals surface area contributed by atoms with Crippen molar-refractivity contribution < 1.29 is 23.8 Å². The van der Waals surface area contributed by atoms with Gasteiger partial charge in [-0.05, 0) is 17.7 Å². The largest absolute Gasteiger partial charge is 0.394 e. The van der Waals surface area contributed by atoms with E-state index in [1.807, 2.05) is 30.3 Å². The molecule has 30 heavy (non-hydrogen) atoms. The second-order valence-corrected chi connectivity index (χ2v) is 7.70. The quantitative estimate of drug-likeness (QED) is 0.786. The third-order valence-corrected chi connectivity index (χ3v) is 5.99. The summed E-state index contributed by atoms with van der Waals surface area (Å²) in [5.74, 6) is -0.843. The van der Waals surface area contributed by atoms with Crippen LogP contribution in [0.2, 0.25) is 0 Å². The summed E-state index contributed by atoms with van der Waals surface area (Å²) < 4.78 is 18.9. The van der Waals surface area contributed by atoms with Crippen molar-refractivity contribution in [3.8, 4) is 0 Å². The SMILES string of the molecule is COCC(=O)N1[C@@H](CO)[C@@H](c2ccccc2)C12CN(C(=O)Nc1ccccc1F)C2. The lowest BCUT2D eigenvalue weighted by atomic mass is 9.60. The lowest BCUT2D eigenvalue weighted by Gasteiger charge is -2.70. The highest BCUT2D eigenvalue weighted by Gasteiger charge is 2.68. The lowest BCUT2D eigenvalue weighted by Crippen LogP contribution is -2.86. The van der Waals surface area contributed by atoms with Crippen LogP contribution in [0.5, 0.6) is 0 Å². The molecule has 0 radical (unpaired) electrons. The molecule has 0 bridgehead atoms. The molecule has 2 aromatic rings. The molecule has 2 aliphatic rings. The van der Waals surface area contributed by atoms with Crippen LogP contribution >= 0.6 is 0 Å². The molecule has 4 rings (SSSR count). The zero-order valence-electron chi connectivity index (χ0n) is 16.6. The molecule has 2 aromatic carbocycles. The highest BCUT2D eigenvalue weighted by atomic mass is 19.1. The Balaban J connectivity index is 1.55. The maximum atomic E-state index is 13.9. The van der Waals surface area contributed by atoms with Gasteiger partial charge in [-0.3, -0.25) is 4.79 Å². The van der Waals surface area contributed by atoms with E-state index in [-0.39, 0.29) is 36.8 Å². The average Bonchev–Trinajstić information content (AvgIpc) is 2.69. The first kappa shape index (κ1) is 20.3. The Morgan fingerprint density at radius 1 is 1.17 bits per heavy atom. The van der Waals surface area contributed by atoms with Gasteiger partial charge < -0.3 is 25.0 Å². The number of methoxy groups -OCH3 is 1. The van der Waals surface area contributed by atoms with E-state index in [0.29, 0.717) is 13.1 Å². The molecule has 3 amide bonds. The number of aliphatic hydroxyl groups is 1. The number of ether oxygens (including phenoxy) is 1. The highest BCUT2D eigenvalue weighted by molar-refractivity contribution is 5.91. The minimum atomic E-state index is -0.614. The van der Waals surface area contributed by atoms with Crippen molar-refractivity contribution in [2.75, 3.05) is 38.7 Å². The van der Waals surface area contributed by atoms with E-state index in [9.17, 15) is 19.1 Å². The summed E-state index contributed by atoms with van der Waals surface area (Å²) in [7, 11) is 1.45. The number of amides is 3. The van der Waals surface area contributed by atoms with Crippen molar-refractivity contribution in [1.29, 1.82) is 0 Å². The van der Waals surface area contributed by atoms with Crippen LogP contribution in [0, 0.1) is 5.82 Å². The molecule has 8 heteroatoms. The van der Waals surface area contributed by atoms with Gasteiger partial charge in [0.2, 0.25) is 5.91 Å². The molecule has 2 N–H and O–H groups in total. The number of nitrogens with zero attached hydrogens (tertiary/aromatic N) is 2. The van der Waals surface area contributed by atoms with Crippen LogP contribution in [0.15, 0.2) is 54.6 Å².